The van der Waals surface area contributed by atoms with Crippen LogP contribution in [0, 0.1) is 0 Å². The summed E-state index contributed by atoms with van der Waals surface area (Å²) in [6.45, 7) is 2.63. The molecule has 6 nitrogen and oxygen atoms in total. The smallest absolute Gasteiger partial charge is 0.225 e. The van der Waals surface area contributed by atoms with E-state index in [4.69, 9.17) is 4.74 Å². The molecule has 0 spiro atoms. The lowest BCUT2D eigenvalue weighted by molar-refractivity contribution is -0.142. The van der Waals surface area contributed by atoms with Gasteiger partial charge in [0.25, 0.3) is 0 Å². The number of nitrogens with one attached hydrogen (secondary N) is 1. The number of aliphatic hydroxyl groups is 1. The average molecular weight is 312 g/mol. The zero-order chi connectivity index (χ0) is 15.2. The van der Waals surface area contributed by atoms with Crippen LogP contribution in [0.5, 0.6) is 0 Å². The first kappa shape index (κ1) is 15.9. The summed E-state index contributed by atoms with van der Waals surface area (Å²) in [6.07, 6.45) is 0.191. The highest BCUT2D eigenvalue weighted by Crippen LogP contribution is 2.23. The van der Waals surface area contributed by atoms with E-state index in [1.165, 1.54) is 18.3 Å². The Morgan fingerprint density at radius 2 is 2.43 bits per heavy atom. The SMILES string of the molecule is CC(=O)NC(CC(=O)N1CCOCC1CO)c1cccs1. The molecule has 116 valence electrons. The number of hydrogen-bond donors (Lipinski definition) is 2. The first-order chi connectivity index (χ1) is 10.1. The van der Waals surface area contributed by atoms with Gasteiger partial charge in [-0.15, -0.1) is 11.3 Å². The van der Waals surface area contributed by atoms with E-state index in [9.17, 15) is 14.7 Å². The molecule has 1 saturated heterocycles. The van der Waals surface area contributed by atoms with Gasteiger partial charge in [-0.2, -0.15) is 0 Å². The van der Waals surface area contributed by atoms with Crippen LogP contribution in [-0.4, -0.2) is 54.2 Å². The second-order valence-corrected chi connectivity index (χ2v) is 5.95. The summed E-state index contributed by atoms with van der Waals surface area (Å²) in [7, 11) is 0. The van der Waals surface area contributed by atoms with Crippen LogP contribution < -0.4 is 5.32 Å². The Kier molecular flexibility index (Phi) is 5.72. The van der Waals surface area contributed by atoms with Crippen molar-refractivity contribution in [2.75, 3.05) is 26.4 Å². The maximum absolute atomic E-state index is 12.5. The van der Waals surface area contributed by atoms with E-state index in [2.05, 4.69) is 5.32 Å². The number of carbonyl (C=O) groups is 2. The minimum Gasteiger partial charge on any atom is -0.394 e. The normalized spacial score (nSPS) is 20.1. The van der Waals surface area contributed by atoms with Gasteiger partial charge in [0.15, 0.2) is 0 Å². The molecule has 1 aliphatic rings. The molecule has 0 radical (unpaired) electrons. The third-order valence-corrected chi connectivity index (χ3v) is 4.39. The van der Waals surface area contributed by atoms with Gasteiger partial charge in [0.1, 0.15) is 0 Å². The predicted octanol–water partition coefficient (Wildman–Crippen LogP) is 0.535. The molecule has 0 bridgehead atoms. The van der Waals surface area contributed by atoms with Crippen molar-refractivity contribution in [3.05, 3.63) is 22.4 Å². The molecule has 0 aliphatic carbocycles. The van der Waals surface area contributed by atoms with Crippen LogP contribution in [0.2, 0.25) is 0 Å². The van der Waals surface area contributed by atoms with Crippen molar-refractivity contribution >= 4 is 23.2 Å². The van der Waals surface area contributed by atoms with Crippen molar-refractivity contribution < 1.29 is 19.4 Å². The van der Waals surface area contributed by atoms with Crippen LogP contribution in [0.4, 0.5) is 0 Å². The summed E-state index contributed by atoms with van der Waals surface area (Å²) in [6, 6.07) is 3.18. The van der Waals surface area contributed by atoms with Gasteiger partial charge < -0.3 is 20.1 Å². The summed E-state index contributed by atoms with van der Waals surface area (Å²) in [5, 5.41) is 14.1. The molecule has 2 N–H and O–H groups in total. The number of amides is 2. The second kappa shape index (κ2) is 7.53. The zero-order valence-electron chi connectivity index (χ0n) is 11.9. The molecule has 1 aliphatic heterocycles. The van der Waals surface area contributed by atoms with Crippen molar-refractivity contribution in [1.82, 2.24) is 10.2 Å². The van der Waals surface area contributed by atoms with Gasteiger partial charge in [0, 0.05) is 18.3 Å². The summed E-state index contributed by atoms with van der Waals surface area (Å²) < 4.78 is 5.27. The van der Waals surface area contributed by atoms with Crippen molar-refractivity contribution in [3.8, 4) is 0 Å². The van der Waals surface area contributed by atoms with E-state index in [-0.39, 0.29) is 36.9 Å². The fourth-order valence-electron chi connectivity index (χ4n) is 2.38. The monoisotopic (exact) mass is 312 g/mol. The van der Waals surface area contributed by atoms with E-state index in [0.717, 1.165) is 4.88 Å². The van der Waals surface area contributed by atoms with Crippen LogP contribution >= 0.6 is 11.3 Å². The summed E-state index contributed by atoms with van der Waals surface area (Å²) in [4.78, 5) is 26.4. The Morgan fingerprint density at radius 3 is 3.05 bits per heavy atom. The van der Waals surface area contributed by atoms with Crippen LogP contribution in [0.3, 0.4) is 0 Å². The highest BCUT2D eigenvalue weighted by molar-refractivity contribution is 7.10. The Balaban J connectivity index is 2.05. The summed E-state index contributed by atoms with van der Waals surface area (Å²) in [5.74, 6) is -0.244. The highest BCUT2D eigenvalue weighted by atomic mass is 32.1. The van der Waals surface area contributed by atoms with Gasteiger partial charge in [-0.05, 0) is 11.4 Å². The number of hydrogen-bond acceptors (Lipinski definition) is 5. The number of carbonyl (C=O) groups excluding carboxylic acids is 2. The Labute approximate surface area is 127 Å². The summed E-state index contributed by atoms with van der Waals surface area (Å²) >= 11 is 1.51. The topological polar surface area (TPSA) is 78.9 Å². The van der Waals surface area contributed by atoms with Crippen LogP contribution in [-0.2, 0) is 14.3 Å². The Bertz CT molecular complexity index is 477. The molecule has 7 heteroatoms. The molecule has 1 aromatic rings. The van der Waals surface area contributed by atoms with Crippen molar-refractivity contribution in [2.45, 2.75) is 25.4 Å². The first-order valence-electron chi connectivity index (χ1n) is 6.90. The minimum absolute atomic E-state index is 0.0792. The van der Waals surface area contributed by atoms with Gasteiger partial charge in [-0.1, -0.05) is 6.07 Å². The lowest BCUT2D eigenvalue weighted by Gasteiger charge is -2.35. The molecule has 21 heavy (non-hydrogen) atoms. The van der Waals surface area contributed by atoms with Crippen LogP contribution in [0.25, 0.3) is 0 Å². The third kappa shape index (κ3) is 4.26. The number of rotatable bonds is 5. The fourth-order valence-corrected chi connectivity index (χ4v) is 3.16. The molecular weight excluding hydrogens is 292 g/mol. The summed E-state index contributed by atoms with van der Waals surface area (Å²) in [5.41, 5.74) is 0. The minimum atomic E-state index is -0.322. The van der Waals surface area contributed by atoms with Crippen molar-refractivity contribution in [1.29, 1.82) is 0 Å². The largest absolute Gasteiger partial charge is 0.394 e. The number of aliphatic hydroxyl groups excluding tert-OH is 1. The van der Waals surface area contributed by atoms with Crippen LogP contribution in [0.15, 0.2) is 17.5 Å². The fraction of sp³-hybridized carbons (Fsp3) is 0.571. The molecule has 0 aromatic carbocycles. The highest BCUT2D eigenvalue weighted by Gasteiger charge is 2.29. The first-order valence-corrected chi connectivity index (χ1v) is 7.78. The van der Waals surface area contributed by atoms with E-state index >= 15 is 0 Å². The number of nitrogens with zero attached hydrogens (tertiary/aromatic N) is 1. The van der Waals surface area contributed by atoms with Gasteiger partial charge in [0.05, 0.1) is 38.3 Å². The maximum atomic E-state index is 12.5. The Morgan fingerprint density at radius 1 is 1.62 bits per heavy atom. The van der Waals surface area contributed by atoms with Gasteiger partial charge >= 0.3 is 0 Å². The van der Waals surface area contributed by atoms with E-state index in [0.29, 0.717) is 19.8 Å². The average Bonchev–Trinajstić information content (AvgIpc) is 3.00. The molecule has 2 amide bonds. The molecule has 1 fully saturated rings. The van der Waals surface area contributed by atoms with E-state index in [1.807, 2.05) is 17.5 Å². The molecule has 2 rings (SSSR count). The predicted molar refractivity (Wildman–Crippen MR) is 78.9 cm³/mol. The molecule has 1 aromatic heterocycles. The van der Waals surface area contributed by atoms with Crippen molar-refractivity contribution in [3.63, 3.8) is 0 Å². The van der Waals surface area contributed by atoms with Crippen LogP contribution in [0.1, 0.15) is 24.3 Å². The molecule has 2 atom stereocenters. The quantitative estimate of drug-likeness (QED) is 0.831. The standard InChI is InChI=1S/C14H20N2O4S/c1-10(18)15-12(13-3-2-6-21-13)7-14(19)16-4-5-20-9-11(16)8-17/h2-3,6,11-12,17H,4-5,7-9H2,1H3,(H,15,18). The van der Waals surface area contributed by atoms with Gasteiger partial charge in [0.2, 0.25) is 11.8 Å². The molecule has 2 heterocycles. The van der Waals surface area contributed by atoms with Gasteiger partial charge in [-0.25, -0.2) is 0 Å². The molecule has 2 unspecified atom stereocenters. The lowest BCUT2D eigenvalue weighted by atomic mass is 10.1. The van der Waals surface area contributed by atoms with E-state index in [1.54, 1.807) is 4.90 Å². The lowest BCUT2D eigenvalue weighted by Crippen LogP contribution is -2.51. The Hall–Kier alpha value is -1.44. The number of morpholine rings is 1. The molecular formula is C14H20N2O4S. The number of ether oxygens (including phenoxy) is 1. The maximum Gasteiger partial charge on any atom is 0.225 e. The third-order valence-electron chi connectivity index (χ3n) is 3.40. The van der Waals surface area contributed by atoms with Gasteiger partial charge in [-0.3, -0.25) is 9.59 Å². The molecule has 0 saturated carbocycles. The second-order valence-electron chi connectivity index (χ2n) is 4.97. The van der Waals surface area contributed by atoms with Crippen molar-refractivity contribution in [2.24, 2.45) is 0 Å². The zero-order valence-corrected chi connectivity index (χ0v) is 12.8. The number of thiophene rings is 1. The van der Waals surface area contributed by atoms with E-state index < -0.39 is 0 Å².